The van der Waals surface area contributed by atoms with Gasteiger partial charge in [-0.3, -0.25) is 9.69 Å². The summed E-state index contributed by atoms with van der Waals surface area (Å²) >= 11 is 0. The molecule has 0 radical (unpaired) electrons. The molecule has 8 nitrogen and oxygen atoms in total. The van der Waals surface area contributed by atoms with Crippen LogP contribution in [0.1, 0.15) is 12.0 Å². The molecule has 2 aromatic carbocycles. The molecule has 0 spiro atoms. The molecule has 1 N–H and O–H groups in total. The van der Waals surface area contributed by atoms with Crippen LogP contribution in [0.4, 0.5) is 5.69 Å². The Balaban J connectivity index is 1.39. The predicted molar refractivity (Wildman–Crippen MR) is 134 cm³/mol. The molecule has 184 valence electrons. The van der Waals surface area contributed by atoms with E-state index in [1.54, 1.807) is 46.6 Å². The number of rotatable bonds is 11. The molecule has 1 heterocycles. The summed E-state index contributed by atoms with van der Waals surface area (Å²) in [5, 5.41) is 2.96. The highest BCUT2D eigenvalue weighted by Crippen LogP contribution is 2.35. The highest BCUT2D eigenvalue weighted by Gasteiger charge is 2.17. The molecule has 1 aliphatic heterocycles. The van der Waals surface area contributed by atoms with Gasteiger partial charge in [-0.05, 0) is 49.4 Å². The van der Waals surface area contributed by atoms with Crippen molar-refractivity contribution in [3.63, 3.8) is 0 Å². The number of carbonyl (C=O) groups excluding carboxylic acids is 1. The molecule has 3 rings (SSSR count). The van der Waals surface area contributed by atoms with E-state index in [-0.39, 0.29) is 5.91 Å². The van der Waals surface area contributed by atoms with Gasteiger partial charge in [-0.2, -0.15) is 0 Å². The molecule has 8 heteroatoms. The quantitative estimate of drug-likeness (QED) is 0.401. The maximum absolute atomic E-state index is 12.3. The predicted octanol–water partition coefficient (Wildman–Crippen LogP) is 3.06. The lowest BCUT2D eigenvalue weighted by Crippen LogP contribution is -2.47. The topological polar surface area (TPSA) is 72.5 Å². The van der Waals surface area contributed by atoms with Gasteiger partial charge in [0, 0.05) is 56.1 Å². The van der Waals surface area contributed by atoms with Crippen LogP contribution in [-0.4, -0.2) is 78.5 Å². The summed E-state index contributed by atoms with van der Waals surface area (Å²) in [7, 11) is 6.40. The number of methoxy groups -OCH3 is 4. The summed E-state index contributed by atoms with van der Waals surface area (Å²) in [5.41, 5.74) is 1.97. The molecule has 1 saturated heterocycles. The second kappa shape index (κ2) is 12.7. The van der Waals surface area contributed by atoms with E-state index < -0.39 is 0 Å². The van der Waals surface area contributed by atoms with Crippen LogP contribution in [-0.2, 0) is 4.79 Å². The fourth-order valence-electron chi connectivity index (χ4n) is 3.94. The Bertz CT molecular complexity index is 954. The van der Waals surface area contributed by atoms with E-state index in [2.05, 4.69) is 27.2 Å². The summed E-state index contributed by atoms with van der Waals surface area (Å²) in [5.74, 6) is 2.50. The van der Waals surface area contributed by atoms with Gasteiger partial charge in [0.1, 0.15) is 11.5 Å². The van der Waals surface area contributed by atoms with Gasteiger partial charge in [0.2, 0.25) is 5.91 Å². The van der Waals surface area contributed by atoms with Crippen LogP contribution in [0.5, 0.6) is 23.0 Å². The molecule has 1 amide bonds. The first kappa shape index (κ1) is 25.2. The average molecular weight is 470 g/mol. The van der Waals surface area contributed by atoms with E-state index >= 15 is 0 Å². The fraction of sp³-hybridized carbons (Fsp3) is 0.423. The highest BCUT2D eigenvalue weighted by atomic mass is 16.5. The molecule has 1 aliphatic rings. The van der Waals surface area contributed by atoms with Crippen molar-refractivity contribution in [2.45, 2.75) is 6.42 Å². The Morgan fingerprint density at radius 2 is 1.53 bits per heavy atom. The minimum atomic E-state index is -0.138. The maximum Gasteiger partial charge on any atom is 0.244 e. The van der Waals surface area contributed by atoms with Gasteiger partial charge < -0.3 is 29.2 Å². The SMILES string of the molecule is COc1ccc(N2CCN(CCCNC(=O)/C=C/c3cc(OC)c(OC)cc3OC)CC2)cc1. The maximum atomic E-state index is 12.3. The fourth-order valence-corrected chi connectivity index (χ4v) is 3.94. The molecule has 2 aromatic rings. The number of anilines is 1. The molecule has 34 heavy (non-hydrogen) atoms. The summed E-state index contributed by atoms with van der Waals surface area (Å²) in [6, 6.07) is 11.7. The molecular formula is C26H35N3O5. The lowest BCUT2D eigenvalue weighted by molar-refractivity contribution is -0.116. The number of carbonyl (C=O) groups is 1. The van der Waals surface area contributed by atoms with Gasteiger partial charge in [0.25, 0.3) is 0 Å². The molecule has 0 aromatic heterocycles. The van der Waals surface area contributed by atoms with Crippen LogP contribution in [0.15, 0.2) is 42.5 Å². The molecule has 0 aliphatic carbocycles. The van der Waals surface area contributed by atoms with Gasteiger partial charge in [0.15, 0.2) is 11.5 Å². The van der Waals surface area contributed by atoms with Gasteiger partial charge in [-0.15, -0.1) is 0 Å². The first-order chi connectivity index (χ1) is 16.6. The van der Waals surface area contributed by atoms with Gasteiger partial charge in [-0.25, -0.2) is 0 Å². The highest BCUT2D eigenvalue weighted by molar-refractivity contribution is 5.92. The number of hydrogen-bond donors (Lipinski definition) is 1. The number of ether oxygens (including phenoxy) is 4. The van der Waals surface area contributed by atoms with E-state index in [9.17, 15) is 4.79 Å². The zero-order valence-corrected chi connectivity index (χ0v) is 20.5. The molecule has 1 fully saturated rings. The normalized spacial score (nSPS) is 14.2. The van der Waals surface area contributed by atoms with Crippen molar-refractivity contribution >= 4 is 17.7 Å². The largest absolute Gasteiger partial charge is 0.497 e. The van der Waals surface area contributed by atoms with Crippen LogP contribution in [0, 0.1) is 0 Å². The Kier molecular flexibility index (Phi) is 9.46. The first-order valence-corrected chi connectivity index (χ1v) is 11.4. The Hall–Kier alpha value is -3.39. The molecule has 0 saturated carbocycles. The van der Waals surface area contributed by atoms with E-state index in [1.165, 1.54) is 11.8 Å². The minimum absolute atomic E-state index is 0.138. The zero-order chi connectivity index (χ0) is 24.3. The van der Waals surface area contributed by atoms with Gasteiger partial charge >= 0.3 is 0 Å². The lowest BCUT2D eigenvalue weighted by Gasteiger charge is -2.36. The van der Waals surface area contributed by atoms with E-state index in [1.807, 2.05) is 12.1 Å². The number of nitrogens with one attached hydrogen (secondary N) is 1. The van der Waals surface area contributed by atoms with Crippen molar-refractivity contribution in [3.05, 3.63) is 48.0 Å². The van der Waals surface area contributed by atoms with Crippen molar-refractivity contribution in [2.24, 2.45) is 0 Å². The number of hydrogen-bond acceptors (Lipinski definition) is 7. The standard InChI is InChI=1S/C26H35N3O5/c1-31-22-9-7-21(8-10-22)29-16-14-28(15-17-29)13-5-12-27-26(30)11-6-20-18-24(33-3)25(34-4)19-23(20)32-2/h6-11,18-19H,5,12-17H2,1-4H3,(H,27,30)/b11-6+. The Morgan fingerprint density at radius 3 is 2.15 bits per heavy atom. The van der Waals surface area contributed by atoms with Crippen molar-refractivity contribution in [2.75, 3.05) is 72.6 Å². The Morgan fingerprint density at radius 1 is 0.882 bits per heavy atom. The number of nitrogens with zero attached hydrogens (tertiary/aromatic N) is 2. The van der Waals surface area contributed by atoms with Crippen molar-refractivity contribution in [3.8, 4) is 23.0 Å². The summed E-state index contributed by atoms with van der Waals surface area (Å²) in [4.78, 5) is 17.1. The lowest BCUT2D eigenvalue weighted by atomic mass is 10.1. The van der Waals surface area contributed by atoms with E-state index in [0.29, 0.717) is 23.8 Å². The monoisotopic (exact) mass is 469 g/mol. The van der Waals surface area contributed by atoms with Crippen LogP contribution >= 0.6 is 0 Å². The summed E-state index contributed by atoms with van der Waals surface area (Å²) in [6.07, 6.45) is 4.13. The van der Waals surface area contributed by atoms with Crippen LogP contribution in [0.3, 0.4) is 0 Å². The minimum Gasteiger partial charge on any atom is -0.497 e. The third kappa shape index (κ3) is 6.81. The van der Waals surface area contributed by atoms with Gasteiger partial charge in [-0.1, -0.05) is 0 Å². The number of piperazine rings is 1. The Labute approximate surface area is 202 Å². The van der Waals surface area contributed by atoms with Crippen molar-refractivity contribution in [1.82, 2.24) is 10.2 Å². The molecule has 0 unspecified atom stereocenters. The molecule has 0 atom stereocenters. The molecular weight excluding hydrogens is 434 g/mol. The number of amides is 1. The van der Waals surface area contributed by atoms with Crippen molar-refractivity contribution < 1.29 is 23.7 Å². The van der Waals surface area contributed by atoms with Crippen LogP contribution in [0.2, 0.25) is 0 Å². The smallest absolute Gasteiger partial charge is 0.244 e. The van der Waals surface area contributed by atoms with Gasteiger partial charge in [0.05, 0.1) is 28.4 Å². The summed E-state index contributed by atoms with van der Waals surface area (Å²) < 4.78 is 21.3. The van der Waals surface area contributed by atoms with Crippen LogP contribution in [0.25, 0.3) is 6.08 Å². The third-order valence-electron chi connectivity index (χ3n) is 5.91. The van der Waals surface area contributed by atoms with E-state index in [4.69, 9.17) is 18.9 Å². The average Bonchev–Trinajstić information content (AvgIpc) is 2.89. The first-order valence-electron chi connectivity index (χ1n) is 11.4. The second-order valence-corrected chi connectivity index (χ2v) is 7.95. The molecule has 0 bridgehead atoms. The summed E-state index contributed by atoms with van der Waals surface area (Å²) in [6.45, 7) is 5.61. The third-order valence-corrected chi connectivity index (χ3v) is 5.91. The van der Waals surface area contributed by atoms with Crippen molar-refractivity contribution in [1.29, 1.82) is 0 Å². The van der Waals surface area contributed by atoms with Crippen LogP contribution < -0.4 is 29.2 Å². The second-order valence-electron chi connectivity index (χ2n) is 7.95. The number of benzene rings is 2. The zero-order valence-electron chi connectivity index (χ0n) is 20.5. The van der Waals surface area contributed by atoms with E-state index in [0.717, 1.165) is 50.5 Å².